The number of hydrogen-bond acceptors (Lipinski definition) is 5. The maximum atomic E-state index is 12.0. The Kier molecular flexibility index (Phi) is 5.11. The van der Waals surface area contributed by atoms with Crippen molar-refractivity contribution in [1.29, 1.82) is 0 Å². The normalized spacial score (nSPS) is 10.5. The van der Waals surface area contributed by atoms with E-state index in [0.717, 1.165) is 17.1 Å². The third-order valence-corrected chi connectivity index (χ3v) is 3.79. The van der Waals surface area contributed by atoms with Crippen LogP contribution in [-0.2, 0) is 6.42 Å². The Morgan fingerprint density at radius 3 is 2.16 bits per heavy atom. The van der Waals surface area contributed by atoms with Crippen LogP contribution in [0.3, 0.4) is 0 Å². The van der Waals surface area contributed by atoms with E-state index in [1.165, 1.54) is 0 Å². The second-order valence-electron chi connectivity index (χ2n) is 5.65. The van der Waals surface area contributed by atoms with E-state index in [1.807, 2.05) is 54.6 Å². The van der Waals surface area contributed by atoms with Gasteiger partial charge in [0.2, 0.25) is 5.95 Å². The monoisotopic (exact) mass is 336 g/mol. The van der Waals surface area contributed by atoms with Crippen molar-refractivity contribution in [3.05, 3.63) is 76.2 Å². The van der Waals surface area contributed by atoms with Crippen LogP contribution >= 0.6 is 0 Å². The van der Waals surface area contributed by atoms with Crippen molar-refractivity contribution in [2.45, 2.75) is 13.3 Å². The number of para-hydroxylation sites is 1. The van der Waals surface area contributed by atoms with Crippen LogP contribution in [0.15, 0.2) is 59.4 Å². The number of aromatic amines is 1. The summed E-state index contributed by atoms with van der Waals surface area (Å²) in [4.78, 5) is 19.1. The summed E-state index contributed by atoms with van der Waals surface area (Å²) in [6.07, 6.45) is 0.300. The van der Waals surface area contributed by atoms with E-state index in [1.54, 1.807) is 6.92 Å². The van der Waals surface area contributed by atoms with Gasteiger partial charge in [-0.25, -0.2) is 4.98 Å². The van der Waals surface area contributed by atoms with E-state index in [0.29, 0.717) is 23.6 Å². The molecule has 4 N–H and O–H groups in total. The number of nitrogens with one attached hydrogen (secondary N) is 3. The zero-order valence-corrected chi connectivity index (χ0v) is 13.9. The van der Waals surface area contributed by atoms with Crippen molar-refractivity contribution in [2.24, 2.45) is 0 Å². The van der Waals surface area contributed by atoms with Crippen molar-refractivity contribution in [3.8, 4) is 0 Å². The van der Waals surface area contributed by atoms with Gasteiger partial charge in [-0.2, -0.15) is 0 Å². The molecule has 0 bridgehead atoms. The molecule has 1 aromatic heterocycles. The lowest BCUT2D eigenvalue weighted by molar-refractivity contribution is 0.298. The van der Waals surface area contributed by atoms with Crippen molar-refractivity contribution in [2.75, 3.05) is 17.2 Å². The van der Waals surface area contributed by atoms with Crippen molar-refractivity contribution in [3.63, 3.8) is 0 Å². The minimum atomic E-state index is -0.230. The van der Waals surface area contributed by atoms with Gasteiger partial charge in [-0.05, 0) is 43.3 Å². The SMILES string of the molecule is Cc1nc(Nc2ccc(Nc3ccccc3)cc2)[nH]c(=O)c1CCO. The van der Waals surface area contributed by atoms with Gasteiger partial charge in [-0.1, -0.05) is 18.2 Å². The topological polar surface area (TPSA) is 90.0 Å². The molecule has 0 aliphatic carbocycles. The maximum absolute atomic E-state index is 12.0. The summed E-state index contributed by atoms with van der Waals surface area (Å²) in [6, 6.07) is 17.6. The van der Waals surface area contributed by atoms with Crippen LogP contribution < -0.4 is 16.2 Å². The summed E-state index contributed by atoms with van der Waals surface area (Å²) >= 11 is 0. The number of H-pyrrole nitrogens is 1. The highest BCUT2D eigenvalue weighted by Gasteiger charge is 2.07. The number of hydrogen-bond donors (Lipinski definition) is 4. The summed E-state index contributed by atoms with van der Waals surface area (Å²) < 4.78 is 0. The third kappa shape index (κ3) is 4.24. The van der Waals surface area contributed by atoms with E-state index in [9.17, 15) is 4.79 Å². The van der Waals surface area contributed by atoms with Crippen LogP contribution in [0.1, 0.15) is 11.3 Å². The Morgan fingerprint density at radius 1 is 0.960 bits per heavy atom. The minimum absolute atomic E-state index is 0.0751. The number of nitrogens with zero attached hydrogens (tertiary/aromatic N) is 1. The standard InChI is InChI=1S/C19H20N4O2/c1-13-17(11-12-24)18(25)23-19(20-13)22-16-9-7-15(8-10-16)21-14-5-3-2-4-6-14/h2-10,21,24H,11-12H2,1H3,(H2,20,22,23,25). The molecule has 0 fully saturated rings. The molecule has 0 unspecified atom stereocenters. The lowest BCUT2D eigenvalue weighted by Gasteiger charge is -2.10. The fraction of sp³-hybridized carbons (Fsp3) is 0.158. The fourth-order valence-corrected chi connectivity index (χ4v) is 2.54. The number of anilines is 4. The van der Waals surface area contributed by atoms with E-state index < -0.39 is 0 Å². The molecule has 0 radical (unpaired) electrons. The first-order chi connectivity index (χ1) is 12.2. The predicted octanol–water partition coefficient (Wildman–Crippen LogP) is 3.10. The largest absolute Gasteiger partial charge is 0.396 e. The maximum Gasteiger partial charge on any atom is 0.255 e. The lowest BCUT2D eigenvalue weighted by Crippen LogP contribution is -2.19. The number of aliphatic hydroxyl groups excluding tert-OH is 1. The van der Waals surface area contributed by atoms with Crippen molar-refractivity contribution in [1.82, 2.24) is 9.97 Å². The van der Waals surface area contributed by atoms with Gasteiger partial charge in [0.15, 0.2) is 0 Å². The zero-order valence-electron chi connectivity index (χ0n) is 13.9. The van der Waals surface area contributed by atoms with Crippen molar-refractivity contribution < 1.29 is 5.11 Å². The van der Waals surface area contributed by atoms with E-state index in [2.05, 4.69) is 20.6 Å². The molecule has 3 rings (SSSR count). The quantitative estimate of drug-likeness (QED) is 0.555. The van der Waals surface area contributed by atoms with Crippen LogP contribution in [0, 0.1) is 6.92 Å². The molecule has 0 amide bonds. The van der Waals surface area contributed by atoms with Gasteiger partial charge in [-0.15, -0.1) is 0 Å². The summed E-state index contributed by atoms with van der Waals surface area (Å²) in [7, 11) is 0. The molecule has 2 aromatic carbocycles. The van der Waals surface area contributed by atoms with E-state index in [4.69, 9.17) is 5.11 Å². The zero-order chi connectivity index (χ0) is 17.6. The smallest absolute Gasteiger partial charge is 0.255 e. The van der Waals surface area contributed by atoms with Gasteiger partial charge >= 0.3 is 0 Å². The Bertz CT molecular complexity index is 890. The Labute approximate surface area is 145 Å². The highest BCUT2D eigenvalue weighted by molar-refractivity contribution is 5.64. The molecule has 6 nitrogen and oxygen atoms in total. The predicted molar refractivity (Wildman–Crippen MR) is 99.8 cm³/mol. The number of rotatable bonds is 6. The molecule has 0 aliphatic rings. The minimum Gasteiger partial charge on any atom is -0.396 e. The summed E-state index contributed by atoms with van der Waals surface area (Å²) in [5.74, 6) is 0.382. The molecule has 0 aliphatic heterocycles. The van der Waals surface area contributed by atoms with E-state index >= 15 is 0 Å². The summed E-state index contributed by atoms with van der Waals surface area (Å²) in [5, 5.41) is 15.4. The second kappa shape index (κ2) is 7.63. The number of aliphatic hydroxyl groups is 1. The molecule has 3 aromatic rings. The van der Waals surface area contributed by atoms with Gasteiger partial charge in [0.25, 0.3) is 5.56 Å². The first-order valence-electron chi connectivity index (χ1n) is 8.05. The Hall–Kier alpha value is -3.12. The Balaban J connectivity index is 1.72. The molecule has 25 heavy (non-hydrogen) atoms. The number of aryl methyl sites for hydroxylation is 1. The van der Waals surface area contributed by atoms with Gasteiger partial charge in [0.1, 0.15) is 0 Å². The average molecular weight is 336 g/mol. The first kappa shape index (κ1) is 16.7. The van der Waals surface area contributed by atoms with Gasteiger partial charge in [-0.3, -0.25) is 9.78 Å². The second-order valence-corrected chi connectivity index (χ2v) is 5.65. The summed E-state index contributed by atoms with van der Waals surface area (Å²) in [5.41, 5.74) is 3.69. The molecule has 0 saturated carbocycles. The number of benzene rings is 2. The average Bonchev–Trinajstić information content (AvgIpc) is 2.61. The molecule has 0 atom stereocenters. The molecule has 1 heterocycles. The third-order valence-electron chi connectivity index (χ3n) is 3.79. The molecule has 0 saturated heterocycles. The van der Waals surface area contributed by atoms with E-state index in [-0.39, 0.29) is 12.2 Å². The van der Waals surface area contributed by atoms with Gasteiger partial charge in [0.05, 0.1) is 5.69 Å². The molecule has 0 spiro atoms. The molecular formula is C19H20N4O2. The van der Waals surface area contributed by atoms with Crippen LogP contribution in [-0.4, -0.2) is 21.7 Å². The fourth-order valence-electron chi connectivity index (χ4n) is 2.54. The van der Waals surface area contributed by atoms with Crippen LogP contribution in [0.25, 0.3) is 0 Å². The molecule has 6 heteroatoms. The lowest BCUT2D eigenvalue weighted by atomic mass is 10.2. The highest BCUT2D eigenvalue weighted by Crippen LogP contribution is 2.20. The first-order valence-corrected chi connectivity index (χ1v) is 8.05. The van der Waals surface area contributed by atoms with Crippen molar-refractivity contribution >= 4 is 23.0 Å². The summed E-state index contributed by atoms with van der Waals surface area (Å²) in [6.45, 7) is 1.69. The molecule has 128 valence electrons. The number of aromatic nitrogens is 2. The van der Waals surface area contributed by atoms with Crippen LogP contribution in [0.4, 0.5) is 23.0 Å². The molecular weight excluding hydrogens is 316 g/mol. The Morgan fingerprint density at radius 2 is 1.56 bits per heavy atom. The van der Waals surface area contributed by atoms with Gasteiger partial charge < -0.3 is 15.7 Å². The van der Waals surface area contributed by atoms with Gasteiger partial charge in [0, 0.05) is 35.7 Å². The van der Waals surface area contributed by atoms with Crippen LogP contribution in [0.5, 0.6) is 0 Å². The van der Waals surface area contributed by atoms with Crippen LogP contribution in [0.2, 0.25) is 0 Å². The highest BCUT2D eigenvalue weighted by atomic mass is 16.3.